The number of alkyl carbamates (subject to hydrolysis) is 1. The van der Waals surface area contributed by atoms with Crippen molar-refractivity contribution in [3.05, 3.63) is 29.3 Å². The molecule has 9 heteroatoms. The van der Waals surface area contributed by atoms with Gasteiger partial charge in [-0.1, -0.05) is 12.1 Å². The molecule has 2 amide bonds. The minimum absolute atomic E-state index is 0.0835. The van der Waals surface area contributed by atoms with E-state index in [2.05, 4.69) is 32.9 Å². The van der Waals surface area contributed by atoms with Gasteiger partial charge >= 0.3 is 6.09 Å². The van der Waals surface area contributed by atoms with Crippen molar-refractivity contribution in [3.8, 4) is 0 Å². The Morgan fingerprint density at radius 3 is 2.79 bits per heavy atom. The van der Waals surface area contributed by atoms with Gasteiger partial charge in [-0.05, 0) is 46.0 Å². The van der Waals surface area contributed by atoms with E-state index in [4.69, 9.17) is 9.26 Å². The lowest BCUT2D eigenvalue weighted by Crippen LogP contribution is -2.36. The Bertz CT molecular complexity index is 916. The summed E-state index contributed by atoms with van der Waals surface area (Å²) in [5.41, 5.74) is 1.39. The molecular weight excluding hydrogens is 374 g/mol. The first-order valence-corrected chi connectivity index (χ1v) is 10.00. The van der Waals surface area contributed by atoms with Crippen LogP contribution in [0.15, 0.2) is 16.7 Å². The van der Waals surface area contributed by atoms with E-state index in [1.54, 1.807) is 13.0 Å². The Hall–Kier alpha value is -2.84. The van der Waals surface area contributed by atoms with E-state index in [0.29, 0.717) is 18.0 Å². The summed E-state index contributed by atoms with van der Waals surface area (Å²) in [6.07, 6.45) is 4.03. The third-order valence-corrected chi connectivity index (χ3v) is 5.88. The number of nitrogens with zero attached hydrogens (tertiary/aromatic N) is 2. The maximum Gasteiger partial charge on any atom is 0.407 e. The highest BCUT2D eigenvalue weighted by Gasteiger charge is 2.42. The zero-order chi connectivity index (χ0) is 20.6. The lowest BCUT2D eigenvalue weighted by molar-refractivity contribution is -0.115. The fourth-order valence-electron chi connectivity index (χ4n) is 3.81. The Morgan fingerprint density at radius 2 is 2.10 bits per heavy atom. The molecule has 3 N–H and O–H groups in total. The highest BCUT2D eigenvalue weighted by Crippen LogP contribution is 2.42. The van der Waals surface area contributed by atoms with Crippen LogP contribution in [-0.4, -0.2) is 39.0 Å². The number of anilines is 1. The lowest BCUT2D eigenvalue weighted by Gasteiger charge is -2.22. The molecule has 9 nitrogen and oxygen atoms in total. The summed E-state index contributed by atoms with van der Waals surface area (Å²) in [6.45, 7) is 5.95. The van der Waals surface area contributed by atoms with Crippen LogP contribution in [0, 0.1) is 6.92 Å². The third-order valence-electron chi connectivity index (χ3n) is 5.88. The van der Waals surface area contributed by atoms with Crippen molar-refractivity contribution in [2.75, 3.05) is 5.32 Å². The van der Waals surface area contributed by atoms with Crippen LogP contribution in [0.25, 0.3) is 0 Å². The van der Waals surface area contributed by atoms with E-state index < -0.39 is 0 Å². The number of hydrogen-bond donors (Lipinski definition) is 3. The predicted octanol–water partition coefficient (Wildman–Crippen LogP) is 2.98. The van der Waals surface area contributed by atoms with Crippen LogP contribution in [0.5, 0.6) is 0 Å². The van der Waals surface area contributed by atoms with E-state index >= 15 is 0 Å². The molecule has 2 fully saturated rings. The summed E-state index contributed by atoms with van der Waals surface area (Å²) in [6, 6.07) is 3.58. The normalized spacial score (nSPS) is 24.9. The Balaban J connectivity index is 1.31. The number of amides is 2. The van der Waals surface area contributed by atoms with E-state index in [0.717, 1.165) is 37.1 Å². The number of ether oxygens (including phenoxy) is 1. The van der Waals surface area contributed by atoms with Crippen LogP contribution in [-0.2, 0) is 21.4 Å². The second-order valence-electron chi connectivity index (χ2n) is 8.84. The summed E-state index contributed by atoms with van der Waals surface area (Å²) >= 11 is 0. The van der Waals surface area contributed by atoms with Gasteiger partial charge in [-0.15, -0.1) is 0 Å². The molecule has 2 aromatic rings. The molecule has 2 heterocycles. The minimum Gasteiger partial charge on any atom is -0.446 e. The molecule has 2 atom stereocenters. The molecule has 0 spiro atoms. The lowest BCUT2D eigenvalue weighted by atomic mass is 9.85. The fourth-order valence-corrected chi connectivity index (χ4v) is 3.81. The summed E-state index contributed by atoms with van der Waals surface area (Å²) < 4.78 is 10.7. The first kappa shape index (κ1) is 19.5. The Morgan fingerprint density at radius 1 is 1.31 bits per heavy atom. The van der Waals surface area contributed by atoms with Crippen molar-refractivity contribution in [2.45, 2.75) is 76.4 Å². The quantitative estimate of drug-likeness (QED) is 0.684. The smallest absolute Gasteiger partial charge is 0.407 e. The zero-order valence-electron chi connectivity index (χ0n) is 17.0. The molecule has 4 rings (SSSR count). The van der Waals surface area contributed by atoms with Crippen LogP contribution < -0.4 is 10.6 Å². The average molecular weight is 401 g/mol. The molecule has 0 aliphatic heterocycles. The van der Waals surface area contributed by atoms with Gasteiger partial charge in [0.15, 0.2) is 5.82 Å². The maximum atomic E-state index is 12.2. The second kappa shape index (κ2) is 7.20. The van der Waals surface area contributed by atoms with Crippen LogP contribution in [0.1, 0.15) is 63.1 Å². The number of aromatic amines is 1. The van der Waals surface area contributed by atoms with Crippen molar-refractivity contribution in [1.82, 2.24) is 20.7 Å². The van der Waals surface area contributed by atoms with Crippen LogP contribution >= 0.6 is 0 Å². The Kier molecular flexibility index (Phi) is 4.84. The van der Waals surface area contributed by atoms with Gasteiger partial charge in [0.2, 0.25) is 5.91 Å². The molecule has 29 heavy (non-hydrogen) atoms. The Labute approximate surface area is 168 Å². The van der Waals surface area contributed by atoms with Gasteiger partial charge in [0.1, 0.15) is 11.9 Å². The standard InChI is InChI=1S/C20H27N5O4/c1-12-8-14(29-25-12)9-17(26)21-16-10-15(23-24-16)19(2)5-4-13(11-19)28-18(27)22-20(3)6-7-20/h8,10,13H,4-7,9,11H2,1-3H3,(H,22,27)(H2,21,23,24,26). The molecule has 2 saturated carbocycles. The summed E-state index contributed by atoms with van der Waals surface area (Å²) in [4.78, 5) is 24.2. The van der Waals surface area contributed by atoms with E-state index in [1.807, 2.05) is 13.0 Å². The predicted molar refractivity (Wildman–Crippen MR) is 104 cm³/mol. The van der Waals surface area contributed by atoms with Gasteiger partial charge in [-0.25, -0.2) is 4.79 Å². The monoisotopic (exact) mass is 401 g/mol. The molecule has 0 aromatic carbocycles. The van der Waals surface area contributed by atoms with Gasteiger partial charge in [-0.3, -0.25) is 9.89 Å². The minimum atomic E-state index is -0.334. The molecule has 0 radical (unpaired) electrons. The number of aryl methyl sites for hydroxylation is 1. The molecule has 0 bridgehead atoms. The topological polar surface area (TPSA) is 122 Å². The van der Waals surface area contributed by atoms with Crippen molar-refractivity contribution in [2.24, 2.45) is 0 Å². The van der Waals surface area contributed by atoms with Crippen LogP contribution in [0.4, 0.5) is 10.6 Å². The fraction of sp³-hybridized carbons (Fsp3) is 0.600. The second-order valence-corrected chi connectivity index (χ2v) is 8.84. The van der Waals surface area contributed by atoms with Gasteiger partial charge < -0.3 is 19.9 Å². The molecule has 2 aromatic heterocycles. The molecule has 2 unspecified atom stereocenters. The highest BCUT2D eigenvalue weighted by molar-refractivity contribution is 5.91. The van der Waals surface area contributed by atoms with Crippen LogP contribution in [0.2, 0.25) is 0 Å². The SMILES string of the molecule is Cc1cc(CC(=O)Nc2cc(C3(C)CCC(OC(=O)NC4(C)CC4)C3)[nH]n2)on1. The molecule has 0 saturated heterocycles. The molecule has 2 aliphatic carbocycles. The van der Waals surface area contributed by atoms with Gasteiger partial charge in [-0.2, -0.15) is 5.10 Å². The number of hydrogen-bond acceptors (Lipinski definition) is 6. The van der Waals surface area contributed by atoms with E-state index in [-0.39, 0.29) is 35.5 Å². The maximum absolute atomic E-state index is 12.2. The summed E-state index contributed by atoms with van der Waals surface area (Å²) in [5, 5.41) is 16.7. The molecule has 2 aliphatic rings. The van der Waals surface area contributed by atoms with E-state index in [1.165, 1.54) is 0 Å². The van der Waals surface area contributed by atoms with Crippen molar-refractivity contribution < 1.29 is 18.8 Å². The average Bonchev–Trinajstić information content (AvgIpc) is 3.02. The van der Waals surface area contributed by atoms with Crippen LogP contribution in [0.3, 0.4) is 0 Å². The first-order valence-electron chi connectivity index (χ1n) is 10.00. The largest absolute Gasteiger partial charge is 0.446 e. The molecular formula is C20H27N5O4. The highest BCUT2D eigenvalue weighted by atomic mass is 16.6. The third kappa shape index (κ3) is 4.60. The van der Waals surface area contributed by atoms with Gasteiger partial charge in [0, 0.05) is 28.8 Å². The van der Waals surface area contributed by atoms with E-state index in [9.17, 15) is 9.59 Å². The summed E-state index contributed by atoms with van der Waals surface area (Å²) in [5.74, 6) is 0.755. The van der Waals surface area contributed by atoms with Gasteiger partial charge in [0.05, 0.1) is 12.1 Å². The van der Waals surface area contributed by atoms with Gasteiger partial charge in [0.25, 0.3) is 0 Å². The first-order chi connectivity index (χ1) is 13.7. The number of nitrogens with one attached hydrogen (secondary N) is 3. The van der Waals surface area contributed by atoms with Crippen molar-refractivity contribution in [1.29, 1.82) is 0 Å². The molecule has 156 valence electrons. The number of rotatable bonds is 6. The van der Waals surface area contributed by atoms with Crippen molar-refractivity contribution in [3.63, 3.8) is 0 Å². The number of carbonyl (C=O) groups is 2. The number of H-pyrrole nitrogens is 1. The zero-order valence-corrected chi connectivity index (χ0v) is 17.0. The number of carbonyl (C=O) groups excluding carboxylic acids is 2. The van der Waals surface area contributed by atoms with Crippen molar-refractivity contribution >= 4 is 17.8 Å². The number of aromatic nitrogens is 3. The summed E-state index contributed by atoms with van der Waals surface area (Å²) in [7, 11) is 0.